The molecule has 0 fully saturated rings. The second-order valence-corrected chi connectivity index (χ2v) is 7.68. The summed E-state index contributed by atoms with van der Waals surface area (Å²) in [6.45, 7) is 0.161. The molecule has 35 heavy (non-hydrogen) atoms. The van der Waals surface area contributed by atoms with Gasteiger partial charge in [0.2, 0.25) is 5.91 Å². The lowest BCUT2D eigenvalue weighted by molar-refractivity contribution is -0.115. The Hall–Kier alpha value is -4.65. The molecule has 7 nitrogen and oxygen atoms in total. The Morgan fingerprint density at radius 2 is 1.54 bits per heavy atom. The van der Waals surface area contributed by atoms with E-state index in [4.69, 9.17) is 9.47 Å². The van der Waals surface area contributed by atoms with Crippen molar-refractivity contribution in [2.45, 2.75) is 6.61 Å². The summed E-state index contributed by atoms with van der Waals surface area (Å²) in [7, 11) is 1.55. The van der Waals surface area contributed by atoms with Crippen LogP contribution < -0.4 is 20.1 Å². The van der Waals surface area contributed by atoms with Crippen LogP contribution in [0.3, 0.4) is 0 Å². The Balaban J connectivity index is 1.32. The van der Waals surface area contributed by atoms with Gasteiger partial charge < -0.3 is 20.1 Å². The summed E-state index contributed by atoms with van der Waals surface area (Å²) in [6, 6.07) is 26.0. The first-order chi connectivity index (χ1) is 17.1. The molecule has 1 aromatic heterocycles. The summed E-state index contributed by atoms with van der Waals surface area (Å²) in [4.78, 5) is 28.9. The van der Waals surface area contributed by atoms with Gasteiger partial charge in [-0.25, -0.2) is 0 Å². The van der Waals surface area contributed by atoms with Crippen molar-refractivity contribution in [3.05, 3.63) is 108 Å². The number of rotatable bonds is 9. The van der Waals surface area contributed by atoms with Crippen LogP contribution in [0.4, 0.5) is 5.69 Å². The smallest absolute Gasteiger partial charge is 0.251 e. The third-order valence-corrected chi connectivity index (χ3v) is 5.25. The molecular weight excluding hydrogens is 442 g/mol. The summed E-state index contributed by atoms with van der Waals surface area (Å²) in [5, 5.41) is 5.42. The molecule has 0 aliphatic carbocycles. The fraction of sp³-hybridized carbons (Fsp3) is 0.107. The Morgan fingerprint density at radius 1 is 0.829 bits per heavy atom. The second kappa shape index (κ2) is 11.5. The van der Waals surface area contributed by atoms with Gasteiger partial charge in [0.25, 0.3) is 5.91 Å². The molecule has 0 bridgehead atoms. The average molecular weight is 468 g/mol. The molecular formula is C28H25N3O4. The van der Waals surface area contributed by atoms with Crippen molar-refractivity contribution in [1.29, 1.82) is 0 Å². The molecule has 4 rings (SSSR count). The minimum absolute atomic E-state index is 0.168. The molecule has 2 N–H and O–H groups in total. The summed E-state index contributed by atoms with van der Waals surface area (Å²) >= 11 is 0. The minimum Gasteiger partial charge on any atom is -0.493 e. The van der Waals surface area contributed by atoms with Crippen LogP contribution in [0, 0.1) is 0 Å². The van der Waals surface area contributed by atoms with Crippen molar-refractivity contribution < 1.29 is 19.1 Å². The number of nitrogens with zero attached hydrogens (tertiary/aromatic N) is 1. The SMILES string of the molecule is COc1ccc(NC(=O)CNC(=O)c2ccc(-c3ccccc3)cc2)cc1OCc1ccncc1. The van der Waals surface area contributed by atoms with Crippen molar-refractivity contribution in [3.8, 4) is 22.6 Å². The lowest BCUT2D eigenvalue weighted by Gasteiger charge is -2.13. The Kier molecular flexibility index (Phi) is 7.70. The maximum Gasteiger partial charge on any atom is 0.251 e. The highest BCUT2D eigenvalue weighted by molar-refractivity contribution is 5.99. The summed E-state index contributed by atoms with van der Waals surface area (Å²) in [6.07, 6.45) is 3.39. The molecule has 1 heterocycles. The zero-order valence-corrected chi connectivity index (χ0v) is 19.2. The molecule has 0 saturated heterocycles. The summed E-state index contributed by atoms with van der Waals surface area (Å²) < 4.78 is 11.2. The highest BCUT2D eigenvalue weighted by Gasteiger charge is 2.11. The summed E-state index contributed by atoms with van der Waals surface area (Å²) in [5.74, 6) is 0.356. The molecule has 0 aliphatic rings. The standard InChI is InChI=1S/C28H25N3O4/c1-34-25-12-11-24(17-26(25)35-19-20-13-15-29-16-14-20)31-27(32)18-30-28(33)23-9-7-22(8-10-23)21-5-3-2-4-6-21/h2-17H,18-19H2,1H3,(H,30,33)(H,31,32). The fourth-order valence-corrected chi connectivity index (χ4v) is 3.42. The predicted molar refractivity (Wildman–Crippen MR) is 134 cm³/mol. The van der Waals surface area contributed by atoms with Crippen LogP contribution in [-0.2, 0) is 11.4 Å². The number of ether oxygens (including phenoxy) is 2. The van der Waals surface area contributed by atoms with Gasteiger partial charge >= 0.3 is 0 Å². The molecule has 0 unspecified atom stereocenters. The van der Waals surface area contributed by atoms with Gasteiger partial charge in [-0.2, -0.15) is 0 Å². The first-order valence-corrected chi connectivity index (χ1v) is 11.1. The number of aromatic nitrogens is 1. The molecule has 0 aliphatic heterocycles. The number of nitrogens with one attached hydrogen (secondary N) is 2. The van der Waals surface area contributed by atoms with E-state index < -0.39 is 0 Å². The van der Waals surface area contributed by atoms with Crippen LogP contribution >= 0.6 is 0 Å². The number of hydrogen-bond acceptors (Lipinski definition) is 5. The largest absolute Gasteiger partial charge is 0.493 e. The molecule has 176 valence electrons. The van der Waals surface area contributed by atoms with E-state index in [0.29, 0.717) is 29.4 Å². The quantitative estimate of drug-likeness (QED) is 0.372. The number of anilines is 1. The van der Waals surface area contributed by atoms with Crippen LogP contribution in [-0.4, -0.2) is 30.5 Å². The maximum absolute atomic E-state index is 12.5. The van der Waals surface area contributed by atoms with Gasteiger partial charge in [0, 0.05) is 29.7 Å². The van der Waals surface area contributed by atoms with Crippen molar-refractivity contribution in [3.63, 3.8) is 0 Å². The van der Waals surface area contributed by atoms with Gasteiger partial charge in [0.1, 0.15) is 6.61 Å². The van der Waals surface area contributed by atoms with E-state index in [0.717, 1.165) is 16.7 Å². The first kappa shape index (κ1) is 23.5. The molecule has 7 heteroatoms. The molecule has 3 aromatic carbocycles. The Morgan fingerprint density at radius 3 is 2.26 bits per heavy atom. The zero-order valence-electron chi connectivity index (χ0n) is 19.2. The van der Waals surface area contributed by atoms with Crippen molar-refractivity contribution in [2.75, 3.05) is 19.0 Å². The van der Waals surface area contributed by atoms with E-state index in [1.54, 1.807) is 49.8 Å². The topological polar surface area (TPSA) is 89.6 Å². The Bertz CT molecular complexity index is 1280. The van der Waals surface area contributed by atoms with Crippen molar-refractivity contribution >= 4 is 17.5 Å². The second-order valence-electron chi connectivity index (χ2n) is 7.68. The van der Waals surface area contributed by atoms with E-state index in [2.05, 4.69) is 15.6 Å². The highest BCUT2D eigenvalue weighted by Crippen LogP contribution is 2.31. The Labute approximate surface area is 203 Å². The first-order valence-electron chi connectivity index (χ1n) is 11.1. The normalized spacial score (nSPS) is 10.3. The van der Waals surface area contributed by atoms with E-state index in [1.807, 2.05) is 54.6 Å². The third-order valence-electron chi connectivity index (χ3n) is 5.25. The number of benzene rings is 3. The monoisotopic (exact) mass is 467 g/mol. The van der Waals surface area contributed by atoms with Gasteiger partial charge in [-0.15, -0.1) is 0 Å². The fourth-order valence-electron chi connectivity index (χ4n) is 3.42. The van der Waals surface area contributed by atoms with Crippen LogP contribution in [0.2, 0.25) is 0 Å². The molecule has 4 aromatic rings. The predicted octanol–water partition coefficient (Wildman–Crippen LogP) is 4.70. The minimum atomic E-state index is -0.357. The van der Waals surface area contributed by atoms with Gasteiger partial charge in [-0.05, 0) is 53.1 Å². The van der Waals surface area contributed by atoms with Crippen LogP contribution in [0.5, 0.6) is 11.5 Å². The molecule has 0 atom stereocenters. The highest BCUT2D eigenvalue weighted by atomic mass is 16.5. The number of pyridine rings is 1. The van der Waals surface area contributed by atoms with Gasteiger partial charge in [0.05, 0.1) is 13.7 Å². The lowest BCUT2D eigenvalue weighted by Crippen LogP contribution is -2.32. The van der Waals surface area contributed by atoms with E-state index in [9.17, 15) is 9.59 Å². The summed E-state index contributed by atoms with van der Waals surface area (Å²) in [5.41, 5.74) is 4.05. The van der Waals surface area contributed by atoms with Crippen LogP contribution in [0.1, 0.15) is 15.9 Å². The zero-order chi connectivity index (χ0) is 24.5. The molecule has 0 radical (unpaired) electrons. The van der Waals surface area contributed by atoms with Gasteiger partial charge in [-0.3, -0.25) is 14.6 Å². The maximum atomic E-state index is 12.5. The lowest BCUT2D eigenvalue weighted by atomic mass is 10.0. The van der Waals surface area contributed by atoms with Gasteiger partial charge in [0.15, 0.2) is 11.5 Å². The average Bonchev–Trinajstić information content (AvgIpc) is 2.92. The number of amides is 2. The number of methoxy groups -OCH3 is 1. The third kappa shape index (κ3) is 6.45. The van der Waals surface area contributed by atoms with E-state index in [1.165, 1.54) is 0 Å². The number of carbonyl (C=O) groups excluding carboxylic acids is 2. The molecule has 0 spiro atoms. The number of carbonyl (C=O) groups is 2. The van der Waals surface area contributed by atoms with E-state index in [-0.39, 0.29) is 18.4 Å². The van der Waals surface area contributed by atoms with Crippen LogP contribution in [0.15, 0.2) is 97.3 Å². The van der Waals surface area contributed by atoms with Crippen molar-refractivity contribution in [1.82, 2.24) is 10.3 Å². The molecule has 2 amide bonds. The van der Waals surface area contributed by atoms with E-state index >= 15 is 0 Å². The number of hydrogen-bond donors (Lipinski definition) is 2. The van der Waals surface area contributed by atoms with Crippen LogP contribution in [0.25, 0.3) is 11.1 Å². The van der Waals surface area contributed by atoms with Crippen molar-refractivity contribution in [2.24, 2.45) is 0 Å². The van der Waals surface area contributed by atoms with Gasteiger partial charge in [-0.1, -0.05) is 42.5 Å². The molecule has 0 saturated carbocycles.